The molecule has 2 rings (SSSR count). The average molecular weight is 232 g/mol. The summed E-state index contributed by atoms with van der Waals surface area (Å²) in [6.45, 7) is 3.75. The first-order valence-corrected chi connectivity index (χ1v) is 5.65. The molecular formula is C13H16N2O2. The molecule has 0 spiro atoms. The van der Waals surface area contributed by atoms with Gasteiger partial charge in [-0.1, -0.05) is 30.3 Å². The fraction of sp³-hybridized carbons (Fsp3) is 0.385. The first-order valence-electron chi connectivity index (χ1n) is 5.65. The van der Waals surface area contributed by atoms with Gasteiger partial charge in [0.25, 0.3) is 11.9 Å². The van der Waals surface area contributed by atoms with Crippen molar-refractivity contribution in [3.63, 3.8) is 0 Å². The molecule has 4 nitrogen and oxygen atoms in total. The average Bonchev–Trinajstić information content (AvgIpc) is 2.65. The van der Waals surface area contributed by atoms with Crippen molar-refractivity contribution in [1.82, 2.24) is 4.90 Å². The van der Waals surface area contributed by atoms with E-state index in [0.29, 0.717) is 6.02 Å². The number of amides is 1. The molecule has 1 amide bonds. The third kappa shape index (κ3) is 2.02. The number of nitrogens with zero attached hydrogens (tertiary/aromatic N) is 2. The lowest BCUT2D eigenvalue weighted by Crippen LogP contribution is -2.37. The van der Waals surface area contributed by atoms with Crippen LogP contribution in [0.2, 0.25) is 0 Å². The van der Waals surface area contributed by atoms with E-state index in [1.807, 2.05) is 37.3 Å². The van der Waals surface area contributed by atoms with Crippen LogP contribution in [0.15, 0.2) is 35.3 Å². The molecule has 2 unspecified atom stereocenters. The summed E-state index contributed by atoms with van der Waals surface area (Å²) in [5.41, 5.74) is 1.07. The molecule has 17 heavy (non-hydrogen) atoms. The van der Waals surface area contributed by atoms with Gasteiger partial charge >= 0.3 is 0 Å². The van der Waals surface area contributed by atoms with E-state index < -0.39 is 0 Å². The zero-order valence-electron chi connectivity index (χ0n) is 10.3. The molecular weight excluding hydrogens is 216 g/mol. The summed E-state index contributed by atoms with van der Waals surface area (Å²) in [5.74, 6) is -0.0156. The van der Waals surface area contributed by atoms with Crippen LogP contribution in [0, 0.1) is 0 Å². The third-order valence-corrected chi connectivity index (χ3v) is 2.96. The Morgan fingerprint density at radius 2 is 2.00 bits per heavy atom. The van der Waals surface area contributed by atoms with Crippen molar-refractivity contribution in [3.8, 4) is 0 Å². The summed E-state index contributed by atoms with van der Waals surface area (Å²) in [7, 11) is 1.54. The number of hydrogen-bond donors (Lipinski definition) is 0. The maximum absolute atomic E-state index is 12.0. The fourth-order valence-corrected chi connectivity index (χ4v) is 1.97. The fourth-order valence-electron chi connectivity index (χ4n) is 1.97. The monoisotopic (exact) mass is 232 g/mol. The molecule has 0 N–H and O–H groups in total. The minimum atomic E-state index is -0.351. The largest absolute Gasteiger partial charge is 0.468 e. The van der Waals surface area contributed by atoms with Gasteiger partial charge in [-0.05, 0) is 19.4 Å². The number of amidine groups is 1. The Labute approximate surface area is 101 Å². The lowest BCUT2D eigenvalue weighted by molar-refractivity contribution is -0.129. The van der Waals surface area contributed by atoms with Crippen LogP contribution in [-0.4, -0.2) is 30.0 Å². The van der Waals surface area contributed by atoms with Crippen molar-refractivity contribution in [2.24, 2.45) is 4.99 Å². The molecule has 0 aliphatic carbocycles. The van der Waals surface area contributed by atoms with Gasteiger partial charge in [-0.15, -0.1) is 0 Å². The first kappa shape index (κ1) is 11.6. The standard InChI is InChI=1S/C13H16N2O2/c1-9-12(16)15(13(14-9)17-3)10(2)11-7-5-4-6-8-11/h4-10H,1-3H3. The van der Waals surface area contributed by atoms with E-state index in [4.69, 9.17) is 4.74 Å². The number of methoxy groups -OCH3 is 1. The zero-order chi connectivity index (χ0) is 12.4. The topological polar surface area (TPSA) is 41.9 Å². The zero-order valence-corrected chi connectivity index (χ0v) is 10.3. The summed E-state index contributed by atoms with van der Waals surface area (Å²) in [4.78, 5) is 17.8. The number of ether oxygens (including phenoxy) is 1. The molecule has 90 valence electrons. The van der Waals surface area contributed by atoms with Crippen molar-refractivity contribution in [2.75, 3.05) is 7.11 Å². The van der Waals surface area contributed by atoms with E-state index in [2.05, 4.69) is 4.99 Å². The Hall–Kier alpha value is -1.84. The van der Waals surface area contributed by atoms with E-state index in [9.17, 15) is 4.79 Å². The highest BCUT2D eigenvalue weighted by atomic mass is 16.5. The first-order chi connectivity index (χ1) is 8.15. The minimum absolute atomic E-state index is 0.0156. The molecule has 0 saturated carbocycles. The van der Waals surface area contributed by atoms with Crippen molar-refractivity contribution in [1.29, 1.82) is 0 Å². The number of carbonyl (C=O) groups is 1. The van der Waals surface area contributed by atoms with E-state index in [0.717, 1.165) is 5.56 Å². The summed E-state index contributed by atoms with van der Waals surface area (Å²) in [6.07, 6.45) is 0. The van der Waals surface area contributed by atoms with Crippen molar-refractivity contribution in [3.05, 3.63) is 35.9 Å². The molecule has 2 atom stereocenters. The maximum atomic E-state index is 12.0. The molecule has 4 heteroatoms. The van der Waals surface area contributed by atoms with Crippen LogP contribution in [0.1, 0.15) is 25.5 Å². The molecule has 0 aromatic heterocycles. The highest BCUT2D eigenvalue weighted by Gasteiger charge is 2.36. The number of carbonyl (C=O) groups excluding carboxylic acids is 1. The van der Waals surface area contributed by atoms with Crippen LogP contribution in [0.4, 0.5) is 0 Å². The SMILES string of the molecule is COC1=NC(C)C(=O)N1C(C)c1ccccc1. The van der Waals surface area contributed by atoms with Gasteiger partial charge in [0.05, 0.1) is 13.2 Å². The smallest absolute Gasteiger partial charge is 0.295 e. The van der Waals surface area contributed by atoms with Gasteiger partial charge in [-0.25, -0.2) is 4.99 Å². The lowest BCUT2D eigenvalue weighted by Gasteiger charge is -2.25. The van der Waals surface area contributed by atoms with Gasteiger partial charge in [0.1, 0.15) is 6.04 Å². The van der Waals surface area contributed by atoms with Crippen LogP contribution in [0.5, 0.6) is 0 Å². The number of aliphatic imine (C=N–C) groups is 1. The Morgan fingerprint density at radius 3 is 2.59 bits per heavy atom. The normalized spacial score (nSPS) is 21.4. The summed E-state index contributed by atoms with van der Waals surface area (Å²) in [6, 6.07) is 9.85. The van der Waals surface area contributed by atoms with Crippen LogP contribution in [0.3, 0.4) is 0 Å². The molecule has 1 heterocycles. The molecule has 0 radical (unpaired) electrons. The molecule has 0 bridgehead atoms. The Kier molecular flexibility index (Phi) is 3.13. The predicted octanol–water partition coefficient (Wildman–Crippen LogP) is 1.98. The number of rotatable bonds is 2. The van der Waals surface area contributed by atoms with Crippen LogP contribution < -0.4 is 0 Å². The summed E-state index contributed by atoms with van der Waals surface area (Å²) >= 11 is 0. The second-order valence-electron chi connectivity index (χ2n) is 4.09. The van der Waals surface area contributed by atoms with Crippen LogP contribution in [-0.2, 0) is 9.53 Å². The van der Waals surface area contributed by atoms with Crippen LogP contribution >= 0.6 is 0 Å². The van der Waals surface area contributed by atoms with Crippen molar-refractivity contribution >= 4 is 11.9 Å². The predicted molar refractivity (Wildman–Crippen MR) is 65.6 cm³/mol. The molecule has 1 aromatic carbocycles. The second-order valence-corrected chi connectivity index (χ2v) is 4.09. The Morgan fingerprint density at radius 1 is 1.35 bits per heavy atom. The Bertz CT molecular complexity index is 442. The van der Waals surface area contributed by atoms with E-state index in [1.165, 1.54) is 7.11 Å². The Balaban J connectivity index is 2.28. The van der Waals surface area contributed by atoms with E-state index in [-0.39, 0.29) is 18.0 Å². The third-order valence-electron chi connectivity index (χ3n) is 2.96. The lowest BCUT2D eigenvalue weighted by atomic mass is 10.1. The van der Waals surface area contributed by atoms with E-state index in [1.54, 1.807) is 11.8 Å². The van der Waals surface area contributed by atoms with Crippen LogP contribution in [0.25, 0.3) is 0 Å². The summed E-state index contributed by atoms with van der Waals surface area (Å²) in [5, 5.41) is 0. The highest BCUT2D eigenvalue weighted by molar-refractivity contribution is 6.02. The molecule has 1 aromatic rings. The van der Waals surface area contributed by atoms with Gasteiger partial charge in [0, 0.05) is 0 Å². The molecule has 0 fully saturated rings. The second kappa shape index (κ2) is 4.57. The van der Waals surface area contributed by atoms with Gasteiger partial charge in [0.15, 0.2) is 0 Å². The van der Waals surface area contributed by atoms with Crippen molar-refractivity contribution < 1.29 is 9.53 Å². The van der Waals surface area contributed by atoms with Gasteiger partial charge in [-0.2, -0.15) is 0 Å². The van der Waals surface area contributed by atoms with E-state index >= 15 is 0 Å². The van der Waals surface area contributed by atoms with Crippen molar-refractivity contribution in [2.45, 2.75) is 25.9 Å². The summed E-state index contributed by atoms with van der Waals surface area (Å²) < 4.78 is 5.16. The number of hydrogen-bond acceptors (Lipinski definition) is 3. The quantitative estimate of drug-likeness (QED) is 0.782. The minimum Gasteiger partial charge on any atom is -0.468 e. The molecule has 1 aliphatic heterocycles. The molecule has 1 aliphatic rings. The number of benzene rings is 1. The molecule has 0 saturated heterocycles. The van der Waals surface area contributed by atoms with Gasteiger partial charge in [0.2, 0.25) is 0 Å². The van der Waals surface area contributed by atoms with Gasteiger partial charge < -0.3 is 4.74 Å². The maximum Gasteiger partial charge on any atom is 0.295 e. The highest BCUT2D eigenvalue weighted by Crippen LogP contribution is 2.25. The van der Waals surface area contributed by atoms with Gasteiger partial charge in [-0.3, -0.25) is 9.69 Å².